The third kappa shape index (κ3) is 2.37. The molecule has 3 rings (SSSR count). The molecular formula is C18H21NO. The molecule has 0 aromatic heterocycles. The first-order valence-electron chi connectivity index (χ1n) is 7.34. The van der Waals surface area contributed by atoms with Gasteiger partial charge in [0.05, 0.1) is 0 Å². The Morgan fingerprint density at radius 1 is 0.900 bits per heavy atom. The Labute approximate surface area is 120 Å². The Balaban J connectivity index is 1.90. The van der Waals surface area contributed by atoms with Crippen LogP contribution in [0.15, 0.2) is 54.6 Å². The van der Waals surface area contributed by atoms with E-state index in [2.05, 4.69) is 24.3 Å². The Kier molecular flexibility index (Phi) is 3.60. The van der Waals surface area contributed by atoms with Gasteiger partial charge in [0.25, 0.3) is 0 Å². The molecule has 0 heterocycles. The molecular weight excluding hydrogens is 246 g/mol. The summed E-state index contributed by atoms with van der Waals surface area (Å²) in [7, 11) is 0. The van der Waals surface area contributed by atoms with Crippen LogP contribution >= 0.6 is 0 Å². The van der Waals surface area contributed by atoms with Crippen molar-refractivity contribution in [3.63, 3.8) is 0 Å². The predicted octanol–water partition coefficient (Wildman–Crippen LogP) is 3.44. The van der Waals surface area contributed by atoms with Crippen molar-refractivity contribution < 1.29 is 5.11 Å². The van der Waals surface area contributed by atoms with Gasteiger partial charge < -0.3 is 10.8 Å². The highest BCUT2D eigenvalue weighted by Crippen LogP contribution is 2.36. The fourth-order valence-electron chi connectivity index (χ4n) is 3.12. The van der Waals surface area contributed by atoms with Crippen LogP contribution in [0.2, 0.25) is 0 Å². The Morgan fingerprint density at radius 3 is 2.20 bits per heavy atom. The molecule has 2 heteroatoms. The molecule has 0 amide bonds. The highest BCUT2D eigenvalue weighted by molar-refractivity contribution is 5.63. The molecule has 0 radical (unpaired) electrons. The molecule has 2 atom stereocenters. The van der Waals surface area contributed by atoms with Gasteiger partial charge >= 0.3 is 0 Å². The molecule has 0 bridgehead atoms. The maximum atomic E-state index is 10.8. The van der Waals surface area contributed by atoms with E-state index in [0.29, 0.717) is 0 Å². The van der Waals surface area contributed by atoms with Gasteiger partial charge in [0.1, 0.15) is 5.60 Å². The molecule has 1 saturated carbocycles. The summed E-state index contributed by atoms with van der Waals surface area (Å²) >= 11 is 0. The topological polar surface area (TPSA) is 46.2 Å². The first kappa shape index (κ1) is 13.3. The molecule has 1 aliphatic carbocycles. The van der Waals surface area contributed by atoms with Crippen molar-refractivity contribution in [1.82, 2.24) is 0 Å². The zero-order valence-electron chi connectivity index (χ0n) is 11.6. The molecule has 104 valence electrons. The second-order valence-electron chi connectivity index (χ2n) is 5.72. The average molecular weight is 267 g/mol. The summed E-state index contributed by atoms with van der Waals surface area (Å²) in [6.45, 7) is 0. The normalized spacial score (nSPS) is 26.4. The minimum atomic E-state index is -0.854. The van der Waals surface area contributed by atoms with Crippen LogP contribution in [0, 0.1) is 0 Å². The molecule has 2 aromatic carbocycles. The molecule has 1 fully saturated rings. The van der Waals surface area contributed by atoms with E-state index in [-0.39, 0.29) is 6.04 Å². The standard InChI is InChI=1S/C18H21NO/c19-17-8-4-5-13-18(17,20)16-11-9-15(10-12-16)14-6-2-1-3-7-14/h1-3,6-7,9-12,17,20H,4-5,8,13,19H2/t17-,18-/m1/s1. The second kappa shape index (κ2) is 5.39. The SMILES string of the molecule is N[C@@H]1CCCC[C@@]1(O)c1ccc(-c2ccccc2)cc1. The van der Waals surface area contributed by atoms with Gasteiger partial charge in [-0.25, -0.2) is 0 Å². The van der Waals surface area contributed by atoms with Gasteiger partial charge in [-0.05, 0) is 29.5 Å². The van der Waals surface area contributed by atoms with E-state index in [4.69, 9.17) is 5.73 Å². The molecule has 2 aromatic rings. The fourth-order valence-corrected chi connectivity index (χ4v) is 3.12. The maximum Gasteiger partial charge on any atom is 0.105 e. The number of aliphatic hydroxyl groups is 1. The Morgan fingerprint density at radius 2 is 1.55 bits per heavy atom. The summed E-state index contributed by atoms with van der Waals surface area (Å²) in [4.78, 5) is 0. The summed E-state index contributed by atoms with van der Waals surface area (Å²) in [6.07, 6.45) is 3.83. The lowest BCUT2D eigenvalue weighted by molar-refractivity contribution is -0.0193. The molecule has 1 aliphatic rings. The van der Waals surface area contributed by atoms with Gasteiger partial charge in [-0.3, -0.25) is 0 Å². The van der Waals surface area contributed by atoms with Crippen molar-refractivity contribution in [2.24, 2.45) is 5.73 Å². The minimum absolute atomic E-state index is 0.154. The molecule has 3 N–H and O–H groups in total. The highest BCUT2D eigenvalue weighted by atomic mass is 16.3. The molecule has 0 aliphatic heterocycles. The van der Waals surface area contributed by atoms with E-state index >= 15 is 0 Å². The number of hydrogen-bond acceptors (Lipinski definition) is 2. The van der Waals surface area contributed by atoms with Crippen molar-refractivity contribution in [3.8, 4) is 11.1 Å². The predicted molar refractivity (Wildman–Crippen MR) is 82.2 cm³/mol. The van der Waals surface area contributed by atoms with E-state index in [9.17, 15) is 5.11 Å². The van der Waals surface area contributed by atoms with E-state index < -0.39 is 5.60 Å². The van der Waals surface area contributed by atoms with Gasteiger partial charge in [0.2, 0.25) is 0 Å². The van der Waals surface area contributed by atoms with E-state index in [1.165, 1.54) is 11.1 Å². The molecule has 0 saturated heterocycles. The molecule has 0 spiro atoms. The van der Waals surface area contributed by atoms with Crippen LogP contribution in [0.3, 0.4) is 0 Å². The lowest BCUT2D eigenvalue weighted by atomic mass is 9.76. The lowest BCUT2D eigenvalue weighted by Gasteiger charge is -2.38. The van der Waals surface area contributed by atoms with Crippen molar-refractivity contribution >= 4 is 0 Å². The van der Waals surface area contributed by atoms with Crippen molar-refractivity contribution in [2.75, 3.05) is 0 Å². The number of hydrogen-bond donors (Lipinski definition) is 2. The minimum Gasteiger partial charge on any atom is -0.384 e. The third-order valence-electron chi connectivity index (χ3n) is 4.43. The Bertz CT molecular complexity index is 564. The second-order valence-corrected chi connectivity index (χ2v) is 5.72. The van der Waals surface area contributed by atoms with Crippen LogP contribution in [-0.2, 0) is 5.60 Å². The quantitative estimate of drug-likeness (QED) is 0.875. The molecule has 2 nitrogen and oxygen atoms in total. The van der Waals surface area contributed by atoms with Crippen LogP contribution in [0.1, 0.15) is 31.2 Å². The molecule has 20 heavy (non-hydrogen) atoms. The van der Waals surface area contributed by atoms with Gasteiger partial charge in [-0.1, -0.05) is 67.4 Å². The van der Waals surface area contributed by atoms with E-state index in [1.54, 1.807) is 0 Å². The highest BCUT2D eigenvalue weighted by Gasteiger charge is 2.38. The van der Waals surface area contributed by atoms with Crippen molar-refractivity contribution in [1.29, 1.82) is 0 Å². The number of rotatable bonds is 2. The summed E-state index contributed by atoms with van der Waals surface area (Å²) in [5.41, 5.74) is 8.60. The first-order valence-corrected chi connectivity index (χ1v) is 7.34. The zero-order valence-corrected chi connectivity index (χ0v) is 11.6. The number of benzene rings is 2. The van der Waals surface area contributed by atoms with Gasteiger partial charge in [0, 0.05) is 6.04 Å². The van der Waals surface area contributed by atoms with Crippen molar-refractivity contribution in [3.05, 3.63) is 60.2 Å². The zero-order chi connectivity index (χ0) is 14.0. The maximum absolute atomic E-state index is 10.8. The van der Waals surface area contributed by atoms with Gasteiger partial charge in [-0.15, -0.1) is 0 Å². The van der Waals surface area contributed by atoms with Crippen LogP contribution in [-0.4, -0.2) is 11.1 Å². The third-order valence-corrected chi connectivity index (χ3v) is 4.43. The van der Waals surface area contributed by atoms with Crippen LogP contribution in [0.5, 0.6) is 0 Å². The largest absolute Gasteiger partial charge is 0.384 e. The first-order chi connectivity index (χ1) is 9.70. The average Bonchev–Trinajstić information content (AvgIpc) is 2.51. The lowest BCUT2D eigenvalue weighted by Crippen LogP contribution is -2.47. The molecule has 0 unspecified atom stereocenters. The summed E-state index contributed by atoms with van der Waals surface area (Å²) in [5.74, 6) is 0. The Hall–Kier alpha value is -1.64. The number of nitrogens with two attached hydrogens (primary N) is 1. The van der Waals surface area contributed by atoms with Crippen LogP contribution in [0.25, 0.3) is 11.1 Å². The van der Waals surface area contributed by atoms with E-state index in [0.717, 1.165) is 31.2 Å². The van der Waals surface area contributed by atoms with Gasteiger partial charge in [0.15, 0.2) is 0 Å². The smallest absolute Gasteiger partial charge is 0.105 e. The summed E-state index contributed by atoms with van der Waals surface area (Å²) < 4.78 is 0. The van der Waals surface area contributed by atoms with Crippen LogP contribution < -0.4 is 5.73 Å². The van der Waals surface area contributed by atoms with Gasteiger partial charge in [-0.2, -0.15) is 0 Å². The monoisotopic (exact) mass is 267 g/mol. The van der Waals surface area contributed by atoms with Crippen LogP contribution in [0.4, 0.5) is 0 Å². The fraction of sp³-hybridized carbons (Fsp3) is 0.333. The summed E-state index contributed by atoms with van der Waals surface area (Å²) in [6, 6.07) is 18.3. The van der Waals surface area contributed by atoms with E-state index in [1.807, 2.05) is 30.3 Å². The van der Waals surface area contributed by atoms with Crippen molar-refractivity contribution in [2.45, 2.75) is 37.3 Å². The summed E-state index contributed by atoms with van der Waals surface area (Å²) in [5, 5.41) is 10.8.